The van der Waals surface area contributed by atoms with Crippen molar-refractivity contribution >= 4 is 24.2 Å². The van der Waals surface area contributed by atoms with Crippen LogP contribution in [0.2, 0.25) is 0 Å². The molecule has 1 saturated heterocycles. The Morgan fingerprint density at radius 1 is 1.15 bits per heavy atom. The van der Waals surface area contributed by atoms with Crippen LogP contribution in [0.15, 0.2) is 0 Å². The van der Waals surface area contributed by atoms with Gasteiger partial charge in [0.2, 0.25) is 11.8 Å². The molecule has 2 aliphatic rings. The zero-order chi connectivity index (χ0) is 13.8. The Balaban J connectivity index is 0.00000200. The molecule has 6 heteroatoms. The van der Waals surface area contributed by atoms with E-state index in [2.05, 4.69) is 5.32 Å². The summed E-state index contributed by atoms with van der Waals surface area (Å²) in [6.45, 7) is 2.33. The molecule has 3 N–H and O–H groups in total. The van der Waals surface area contributed by atoms with Crippen LogP contribution in [-0.2, 0) is 9.59 Å². The predicted octanol–water partition coefficient (Wildman–Crippen LogP) is 1.20. The number of hydrogen-bond donors (Lipinski definition) is 2. The van der Waals surface area contributed by atoms with Crippen molar-refractivity contribution in [2.45, 2.75) is 70.0 Å². The lowest BCUT2D eigenvalue weighted by atomic mass is 9.95. The molecule has 2 rings (SSSR count). The first-order valence-electron chi connectivity index (χ1n) is 7.46. The maximum Gasteiger partial charge on any atom is 0.243 e. The molecular formula is C14H26ClN3O2. The van der Waals surface area contributed by atoms with Crippen LogP contribution >= 0.6 is 12.4 Å². The zero-order valence-electron chi connectivity index (χ0n) is 12.1. The maximum absolute atomic E-state index is 12.3. The third-order valence-electron chi connectivity index (χ3n) is 4.18. The van der Waals surface area contributed by atoms with Gasteiger partial charge >= 0.3 is 0 Å². The molecule has 1 aliphatic heterocycles. The van der Waals surface area contributed by atoms with E-state index in [-0.39, 0.29) is 30.3 Å². The fourth-order valence-corrected chi connectivity index (χ4v) is 3.11. The second kappa shape index (κ2) is 7.84. The highest BCUT2D eigenvalue weighted by Gasteiger charge is 2.35. The Bertz CT molecular complexity index is 343. The molecule has 116 valence electrons. The number of likely N-dealkylation sites (tertiary alicyclic amines) is 1. The minimum absolute atomic E-state index is 0. The first kappa shape index (κ1) is 17.2. The van der Waals surface area contributed by atoms with Gasteiger partial charge in [-0.15, -0.1) is 12.4 Å². The van der Waals surface area contributed by atoms with E-state index in [0.29, 0.717) is 12.6 Å². The van der Waals surface area contributed by atoms with E-state index >= 15 is 0 Å². The monoisotopic (exact) mass is 303 g/mol. The van der Waals surface area contributed by atoms with E-state index in [4.69, 9.17) is 5.73 Å². The number of hydrogen-bond acceptors (Lipinski definition) is 3. The minimum Gasteiger partial charge on any atom is -0.352 e. The molecule has 0 aromatic heterocycles. The SMILES string of the molecule is C[C@H](N)C(=O)N1CCC[C@H]1C(=O)NC1CCCCC1.Cl. The Hall–Kier alpha value is -0.810. The molecule has 2 fully saturated rings. The van der Waals surface area contributed by atoms with E-state index in [1.807, 2.05) is 0 Å². The standard InChI is InChI=1S/C14H25N3O2.ClH/c1-10(15)14(19)17-9-5-8-12(17)13(18)16-11-6-3-2-4-7-11;/h10-12H,2-9,15H2,1H3,(H,16,18);1H/t10-,12-;/m0./s1. The normalized spacial score (nSPS) is 24.9. The quantitative estimate of drug-likeness (QED) is 0.822. The van der Waals surface area contributed by atoms with Crippen molar-refractivity contribution in [3.8, 4) is 0 Å². The topological polar surface area (TPSA) is 75.4 Å². The predicted molar refractivity (Wildman–Crippen MR) is 80.6 cm³/mol. The van der Waals surface area contributed by atoms with Crippen LogP contribution in [-0.4, -0.2) is 41.4 Å². The number of halogens is 1. The Labute approximate surface area is 127 Å². The number of rotatable bonds is 3. The molecule has 0 aromatic carbocycles. The van der Waals surface area contributed by atoms with Crippen molar-refractivity contribution in [3.05, 3.63) is 0 Å². The highest BCUT2D eigenvalue weighted by atomic mass is 35.5. The Kier molecular flexibility index (Phi) is 6.76. The van der Waals surface area contributed by atoms with Gasteiger partial charge in [-0.1, -0.05) is 19.3 Å². The van der Waals surface area contributed by atoms with Crippen LogP contribution in [0, 0.1) is 0 Å². The van der Waals surface area contributed by atoms with E-state index in [1.54, 1.807) is 11.8 Å². The summed E-state index contributed by atoms with van der Waals surface area (Å²) in [6, 6.07) is -0.530. The van der Waals surface area contributed by atoms with Gasteiger partial charge in [0.25, 0.3) is 0 Å². The van der Waals surface area contributed by atoms with Gasteiger partial charge < -0.3 is 16.0 Å². The fraction of sp³-hybridized carbons (Fsp3) is 0.857. The smallest absolute Gasteiger partial charge is 0.243 e. The van der Waals surface area contributed by atoms with E-state index in [0.717, 1.165) is 25.7 Å². The van der Waals surface area contributed by atoms with Gasteiger partial charge in [0.05, 0.1) is 6.04 Å². The van der Waals surface area contributed by atoms with E-state index in [1.165, 1.54) is 19.3 Å². The zero-order valence-corrected chi connectivity index (χ0v) is 13.0. The van der Waals surface area contributed by atoms with Crippen LogP contribution in [0.5, 0.6) is 0 Å². The summed E-state index contributed by atoms with van der Waals surface area (Å²) >= 11 is 0. The second-order valence-corrected chi connectivity index (χ2v) is 5.82. The molecule has 0 radical (unpaired) electrons. The fourth-order valence-electron chi connectivity index (χ4n) is 3.11. The molecule has 2 atom stereocenters. The van der Waals surface area contributed by atoms with Gasteiger partial charge in [-0.3, -0.25) is 9.59 Å². The van der Waals surface area contributed by atoms with Gasteiger partial charge in [-0.2, -0.15) is 0 Å². The molecule has 1 aliphatic carbocycles. The van der Waals surface area contributed by atoms with E-state index in [9.17, 15) is 9.59 Å². The lowest BCUT2D eigenvalue weighted by molar-refractivity contribution is -0.139. The van der Waals surface area contributed by atoms with Crippen molar-refractivity contribution in [1.82, 2.24) is 10.2 Å². The molecule has 1 heterocycles. The number of nitrogens with zero attached hydrogens (tertiary/aromatic N) is 1. The average molecular weight is 304 g/mol. The second-order valence-electron chi connectivity index (χ2n) is 5.82. The number of nitrogens with one attached hydrogen (secondary N) is 1. The minimum atomic E-state index is -0.525. The van der Waals surface area contributed by atoms with Crippen LogP contribution in [0.3, 0.4) is 0 Å². The first-order valence-corrected chi connectivity index (χ1v) is 7.46. The number of carbonyl (C=O) groups is 2. The number of nitrogens with two attached hydrogens (primary N) is 1. The van der Waals surface area contributed by atoms with Crippen LogP contribution in [0.4, 0.5) is 0 Å². The van der Waals surface area contributed by atoms with Gasteiger partial charge in [0.15, 0.2) is 0 Å². The number of amides is 2. The van der Waals surface area contributed by atoms with Gasteiger partial charge in [-0.25, -0.2) is 0 Å². The summed E-state index contributed by atoms with van der Waals surface area (Å²) in [7, 11) is 0. The van der Waals surface area contributed by atoms with Crippen molar-refractivity contribution in [2.24, 2.45) is 5.73 Å². The van der Waals surface area contributed by atoms with Crippen molar-refractivity contribution < 1.29 is 9.59 Å². The molecule has 1 saturated carbocycles. The third-order valence-corrected chi connectivity index (χ3v) is 4.18. The Morgan fingerprint density at radius 3 is 2.40 bits per heavy atom. The molecule has 20 heavy (non-hydrogen) atoms. The number of carbonyl (C=O) groups excluding carboxylic acids is 2. The first-order chi connectivity index (χ1) is 9.09. The third kappa shape index (κ3) is 4.09. The summed E-state index contributed by atoms with van der Waals surface area (Å²) in [5.41, 5.74) is 5.64. The maximum atomic E-state index is 12.3. The largest absolute Gasteiger partial charge is 0.352 e. The summed E-state index contributed by atoms with van der Waals surface area (Å²) in [5.74, 6) is -0.0975. The summed E-state index contributed by atoms with van der Waals surface area (Å²) in [4.78, 5) is 25.9. The molecule has 2 amide bonds. The lowest BCUT2D eigenvalue weighted by Gasteiger charge is -2.29. The molecule has 0 unspecified atom stereocenters. The van der Waals surface area contributed by atoms with Crippen molar-refractivity contribution in [3.63, 3.8) is 0 Å². The molecule has 0 bridgehead atoms. The van der Waals surface area contributed by atoms with Gasteiger partial charge in [-0.05, 0) is 32.6 Å². The van der Waals surface area contributed by atoms with E-state index < -0.39 is 6.04 Å². The molecular weight excluding hydrogens is 278 g/mol. The lowest BCUT2D eigenvalue weighted by Crippen LogP contribution is -2.52. The summed E-state index contributed by atoms with van der Waals surface area (Å²) < 4.78 is 0. The average Bonchev–Trinajstić information content (AvgIpc) is 2.88. The van der Waals surface area contributed by atoms with Crippen LogP contribution in [0.25, 0.3) is 0 Å². The summed E-state index contributed by atoms with van der Waals surface area (Å²) in [5, 5.41) is 3.11. The summed E-state index contributed by atoms with van der Waals surface area (Å²) in [6.07, 6.45) is 7.44. The molecule has 0 spiro atoms. The van der Waals surface area contributed by atoms with Crippen LogP contribution < -0.4 is 11.1 Å². The van der Waals surface area contributed by atoms with Crippen molar-refractivity contribution in [1.29, 1.82) is 0 Å². The highest BCUT2D eigenvalue weighted by Crippen LogP contribution is 2.21. The van der Waals surface area contributed by atoms with Gasteiger partial charge in [0, 0.05) is 12.6 Å². The molecule has 0 aromatic rings. The molecule has 5 nitrogen and oxygen atoms in total. The van der Waals surface area contributed by atoms with Crippen LogP contribution in [0.1, 0.15) is 51.9 Å². The Morgan fingerprint density at radius 2 is 1.80 bits per heavy atom. The van der Waals surface area contributed by atoms with Gasteiger partial charge in [0.1, 0.15) is 6.04 Å². The van der Waals surface area contributed by atoms with Crippen molar-refractivity contribution in [2.75, 3.05) is 6.54 Å². The highest BCUT2D eigenvalue weighted by molar-refractivity contribution is 5.90.